The summed E-state index contributed by atoms with van der Waals surface area (Å²) < 4.78 is 2.62. The fraction of sp³-hybridized carbons (Fsp3) is 0.423. The van der Waals surface area contributed by atoms with Crippen molar-refractivity contribution in [1.29, 1.82) is 0 Å². The zero-order valence-corrected chi connectivity index (χ0v) is 20.9. The molecule has 0 saturated heterocycles. The van der Waals surface area contributed by atoms with Gasteiger partial charge in [0.25, 0.3) is 5.56 Å². The van der Waals surface area contributed by atoms with Gasteiger partial charge < -0.3 is 4.90 Å². The van der Waals surface area contributed by atoms with E-state index in [0.717, 1.165) is 23.0 Å². The zero-order chi connectivity index (χ0) is 23.3. The Hall–Kier alpha value is -2.47. The third kappa shape index (κ3) is 5.29. The third-order valence-corrected chi connectivity index (χ3v) is 6.10. The molecule has 0 bridgehead atoms. The maximum Gasteiger partial charge on any atom is 0.266 e. The fourth-order valence-corrected chi connectivity index (χ4v) is 4.29. The molecule has 6 heteroatoms. The van der Waals surface area contributed by atoms with Crippen molar-refractivity contribution in [3.05, 3.63) is 69.2 Å². The highest BCUT2D eigenvalue weighted by atomic mass is 79.9. The minimum Gasteiger partial charge on any atom is -0.332 e. The van der Waals surface area contributed by atoms with E-state index in [9.17, 15) is 9.59 Å². The van der Waals surface area contributed by atoms with Crippen molar-refractivity contribution in [2.75, 3.05) is 6.54 Å². The van der Waals surface area contributed by atoms with Crippen molar-refractivity contribution in [2.45, 2.75) is 59.4 Å². The highest BCUT2D eigenvalue weighted by Crippen LogP contribution is 2.28. The summed E-state index contributed by atoms with van der Waals surface area (Å²) in [5.74, 6) is 1.05. The number of carbonyl (C=O) groups excluding carboxylic acids is 1. The lowest BCUT2D eigenvalue weighted by Crippen LogP contribution is -2.40. The van der Waals surface area contributed by atoms with Crippen molar-refractivity contribution >= 4 is 32.7 Å². The van der Waals surface area contributed by atoms with Crippen LogP contribution in [0, 0.1) is 5.92 Å². The van der Waals surface area contributed by atoms with E-state index in [0.29, 0.717) is 42.0 Å². The molecule has 0 N–H and O–H groups in total. The molecule has 0 fully saturated rings. The average molecular weight is 498 g/mol. The van der Waals surface area contributed by atoms with E-state index in [-0.39, 0.29) is 17.5 Å². The minimum atomic E-state index is -0.289. The van der Waals surface area contributed by atoms with E-state index in [2.05, 4.69) is 43.6 Å². The number of halogens is 1. The lowest BCUT2D eigenvalue weighted by atomic mass is 10.1. The Morgan fingerprint density at radius 2 is 1.78 bits per heavy atom. The predicted octanol–water partition coefficient (Wildman–Crippen LogP) is 6.27. The van der Waals surface area contributed by atoms with Crippen molar-refractivity contribution < 1.29 is 4.79 Å². The van der Waals surface area contributed by atoms with E-state index in [1.54, 1.807) is 4.57 Å². The molecule has 1 aromatic heterocycles. The Morgan fingerprint density at radius 1 is 1.09 bits per heavy atom. The summed E-state index contributed by atoms with van der Waals surface area (Å²) in [7, 11) is 0. The molecular weight excluding hydrogens is 466 g/mol. The number of carbonyl (C=O) groups is 1. The Balaban J connectivity index is 2.25. The molecule has 1 unspecified atom stereocenters. The van der Waals surface area contributed by atoms with Crippen LogP contribution in [0.3, 0.4) is 0 Å². The topological polar surface area (TPSA) is 55.2 Å². The van der Waals surface area contributed by atoms with Gasteiger partial charge in [-0.05, 0) is 55.2 Å². The Morgan fingerprint density at radius 3 is 2.41 bits per heavy atom. The summed E-state index contributed by atoms with van der Waals surface area (Å²) in [6.45, 7) is 9.00. The highest BCUT2D eigenvalue weighted by molar-refractivity contribution is 9.10. The molecule has 0 saturated carbocycles. The van der Waals surface area contributed by atoms with Gasteiger partial charge in [-0.1, -0.05) is 62.2 Å². The van der Waals surface area contributed by atoms with Crippen LogP contribution in [0.5, 0.6) is 0 Å². The van der Waals surface area contributed by atoms with Gasteiger partial charge in [0, 0.05) is 17.4 Å². The van der Waals surface area contributed by atoms with Gasteiger partial charge in [-0.25, -0.2) is 4.98 Å². The molecule has 2 aromatic carbocycles. The molecule has 1 heterocycles. The number of unbranched alkanes of at least 4 members (excludes halogenated alkanes) is 1. The molecule has 0 radical (unpaired) electrons. The molecule has 3 aromatic rings. The van der Waals surface area contributed by atoms with Crippen molar-refractivity contribution in [3.8, 4) is 5.69 Å². The first kappa shape index (κ1) is 24.2. The second-order valence-corrected chi connectivity index (χ2v) is 9.49. The van der Waals surface area contributed by atoms with E-state index < -0.39 is 0 Å². The first-order valence-corrected chi connectivity index (χ1v) is 12.2. The summed E-state index contributed by atoms with van der Waals surface area (Å²) >= 11 is 3.47. The van der Waals surface area contributed by atoms with E-state index in [1.807, 2.05) is 53.4 Å². The Bertz CT molecular complexity index is 1120. The van der Waals surface area contributed by atoms with Crippen LogP contribution in [0.25, 0.3) is 16.6 Å². The lowest BCUT2D eigenvalue weighted by Gasteiger charge is -2.33. The number of amides is 1. The molecule has 0 spiro atoms. The van der Waals surface area contributed by atoms with Gasteiger partial charge in [0.1, 0.15) is 5.82 Å². The molecule has 170 valence electrons. The molecule has 1 amide bonds. The van der Waals surface area contributed by atoms with E-state index >= 15 is 0 Å². The molecule has 0 aliphatic rings. The summed E-state index contributed by atoms with van der Waals surface area (Å²) in [6.07, 6.45) is 3.01. The average Bonchev–Trinajstić information content (AvgIpc) is 2.78. The number of rotatable bonds is 9. The SMILES string of the molecule is CCCCC(=O)N(CC(C)C)C(CC)c1nc2ccccc2c(=O)n1-c1ccc(Br)cc1. The molecular formula is C26H32BrN3O2. The smallest absolute Gasteiger partial charge is 0.266 e. The number of para-hydroxylation sites is 1. The summed E-state index contributed by atoms with van der Waals surface area (Å²) in [5, 5.41) is 0.571. The van der Waals surface area contributed by atoms with Gasteiger partial charge in [-0.3, -0.25) is 14.2 Å². The first-order chi connectivity index (χ1) is 15.4. The van der Waals surface area contributed by atoms with Crippen molar-refractivity contribution in [1.82, 2.24) is 14.5 Å². The van der Waals surface area contributed by atoms with Gasteiger partial charge in [0.05, 0.1) is 22.6 Å². The Kier molecular flexibility index (Phi) is 8.24. The van der Waals surface area contributed by atoms with Gasteiger partial charge in [0.15, 0.2) is 0 Å². The van der Waals surface area contributed by atoms with Crippen LogP contribution >= 0.6 is 15.9 Å². The van der Waals surface area contributed by atoms with Crippen LogP contribution in [0.1, 0.15) is 65.2 Å². The number of nitrogens with zero attached hydrogens (tertiary/aromatic N) is 3. The molecule has 32 heavy (non-hydrogen) atoms. The summed E-state index contributed by atoms with van der Waals surface area (Å²) in [5.41, 5.74) is 1.29. The molecule has 0 aliphatic heterocycles. The second-order valence-electron chi connectivity index (χ2n) is 8.57. The second kappa shape index (κ2) is 10.9. The maximum atomic E-state index is 13.6. The fourth-order valence-electron chi connectivity index (χ4n) is 4.02. The highest BCUT2D eigenvalue weighted by Gasteiger charge is 2.29. The van der Waals surface area contributed by atoms with Crippen molar-refractivity contribution in [2.24, 2.45) is 5.92 Å². The Labute approximate surface area is 198 Å². The quantitative estimate of drug-likeness (QED) is 0.349. The van der Waals surface area contributed by atoms with Crippen LogP contribution < -0.4 is 5.56 Å². The first-order valence-electron chi connectivity index (χ1n) is 11.4. The maximum absolute atomic E-state index is 13.6. The minimum absolute atomic E-state index is 0.114. The molecule has 0 aliphatic carbocycles. The monoisotopic (exact) mass is 497 g/mol. The summed E-state index contributed by atoms with van der Waals surface area (Å²) in [6, 6.07) is 14.8. The van der Waals surface area contributed by atoms with Crippen molar-refractivity contribution in [3.63, 3.8) is 0 Å². The number of fused-ring (bicyclic) bond motifs is 1. The normalized spacial score (nSPS) is 12.3. The van der Waals surface area contributed by atoms with Gasteiger partial charge in [0.2, 0.25) is 5.91 Å². The number of benzene rings is 2. The van der Waals surface area contributed by atoms with Gasteiger partial charge in [-0.2, -0.15) is 0 Å². The number of aromatic nitrogens is 2. The van der Waals surface area contributed by atoms with Gasteiger partial charge >= 0.3 is 0 Å². The molecule has 5 nitrogen and oxygen atoms in total. The number of hydrogen-bond donors (Lipinski definition) is 0. The zero-order valence-electron chi connectivity index (χ0n) is 19.3. The van der Waals surface area contributed by atoms with Crippen LogP contribution in [0.2, 0.25) is 0 Å². The van der Waals surface area contributed by atoms with Crippen LogP contribution in [-0.4, -0.2) is 26.9 Å². The standard InChI is InChI=1S/C26H32BrN3O2/c1-5-7-12-24(31)29(17-18(3)4)23(6-2)25-28-22-11-9-8-10-21(22)26(32)30(25)20-15-13-19(27)14-16-20/h8-11,13-16,18,23H,5-7,12,17H2,1-4H3. The summed E-state index contributed by atoms with van der Waals surface area (Å²) in [4.78, 5) is 33.8. The third-order valence-electron chi connectivity index (χ3n) is 5.57. The number of hydrogen-bond acceptors (Lipinski definition) is 3. The molecule has 3 rings (SSSR count). The lowest BCUT2D eigenvalue weighted by molar-refractivity contribution is -0.134. The van der Waals surface area contributed by atoms with E-state index in [1.165, 1.54) is 0 Å². The van der Waals surface area contributed by atoms with E-state index in [4.69, 9.17) is 4.98 Å². The van der Waals surface area contributed by atoms with Gasteiger partial charge in [-0.15, -0.1) is 0 Å². The largest absolute Gasteiger partial charge is 0.332 e. The van der Waals surface area contributed by atoms with Crippen LogP contribution in [-0.2, 0) is 4.79 Å². The van der Waals surface area contributed by atoms with Crippen LogP contribution in [0.4, 0.5) is 0 Å². The van der Waals surface area contributed by atoms with Crippen LogP contribution in [0.15, 0.2) is 57.8 Å². The predicted molar refractivity (Wildman–Crippen MR) is 134 cm³/mol. The molecule has 1 atom stereocenters.